The molecule has 6 heteroatoms. The van der Waals surface area contributed by atoms with Gasteiger partial charge in [-0.1, -0.05) is 18.2 Å². The van der Waals surface area contributed by atoms with Crippen molar-refractivity contribution in [3.8, 4) is 0 Å². The summed E-state index contributed by atoms with van der Waals surface area (Å²) in [6.45, 7) is 0.669. The average Bonchev–Trinajstić information content (AvgIpc) is 2.90. The van der Waals surface area contributed by atoms with Gasteiger partial charge in [0, 0.05) is 17.4 Å². The molecule has 6 nitrogen and oxygen atoms in total. The summed E-state index contributed by atoms with van der Waals surface area (Å²) in [7, 11) is 0. The number of benzene rings is 1. The molecular weight excluding hydrogens is 260 g/mol. The zero-order valence-corrected chi connectivity index (χ0v) is 10.7. The number of aromatic nitrogens is 1. The van der Waals surface area contributed by atoms with Crippen LogP contribution in [0.2, 0.25) is 0 Å². The zero-order chi connectivity index (χ0) is 14.1. The minimum Gasteiger partial charge on any atom is -0.480 e. The lowest BCUT2D eigenvalue weighted by atomic mass is 10.2. The standard InChI is InChI=1S/C14H14N2O4/c17-13(16-5-6-20-8-12(16)14(18)19)11-7-9-3-1-2-4-10(9)15-11/h1-4,7,12,15H,5-6,8H2,(H,18,19)/t12-/m0/s1. The van der Waals surface area contributed by atoms with Crippen LogP contribution in [-0.2, 0) is 9.53 Å². The molecule has 2 heterocycles. The van der Waals surface area contributed by atoms with Gasteiger partial charge in [0.15, 0.2) is 6.04 Å². The molecule has 1 atom stereocenters. The molecule has 1 fully saturated rings. The van der Waals surface area contributed by atoms with Gasteiger partial charge >= 0.3 is 5.97 Å². The lowest BCUT2D eigenvalue weighted by molar-refractivity contribution is -0.147. The number of H-pyrrole nitrogens is 1. The molecule has 20 heavy (non-hydrogen) atoms. The Morgan fingerprint density at radius 1 is 1.35 bits per heavy atom. The number of aromatic amines is 1. The van der Waals surface area contributed by atoms with E-state index in [1.807, 2.05) is 24.3 Å². The number of carboxylic acid groups (broad SMARTS) is 1. The van der Waals surface area contributed by atoms with Crippen molar-refractivity contribution in [2.24, 2.45) is 0 Å². The largest absolute Gasteiger partial charge is 0.480 e. The van der Waals surface area contributed by atoms with Gasteiger partial charge in [0.2, 0.25) is 0 Å². The quantitative estimate of drug-likeness (QED) is 0.859. The third-order valence-corrected chi connectivity index (χ3v) is 3.43. The second-order valence-corrected chi connectivity index (χ2v) is 4.70. The topological polar surface area (TPSA) is 82.6 Å². The maximum Gasteiger partial charge on any atom is 0.328 e. The van der Waals surface area contributed by atoms with Crippen LogP contribution in [0.15, 0.2) is 30.3 Å². The van der Waals surface area contributed by atoms with Crippen LogP contribution in [0, 0.1) is 0 Å². The molecule has 1 aromatic carbocycles. The molecule has 0 spiro atoms. The van der Waals surface area contributed by atoms with Crippen LogP contribution in [0.3, 0.4) is 0 Å². The first-order chi connectivity index (χ1) is 9.66. The number of para-hydroxylation sites is 1. The van der Waals surface area contributed by atoms with E-state index in [0.29, 0.717) is 12.3 Å². The maximum absolute atomic E-state index is 12.5. The Hall–Kier alpha value is -2.34. The number of hydrogen-bond acceptors (Lipinski definition) is 3. The van der Waals surface area contributed by atoms with E-state index in [9.17, 15) is 9.59 Å². The normalized spacial score (nSPS) is 19.2. The second-order valence-electron chi connectivity index (χ2n) is 4.70. The van der Waals surface area contributed by atoms with Crippen molar-refractivity contribution in [3.63, 3.8) is 0 Å². The Morgan fingerprint density at radius 3 is 2.90 bits per heavy atom. The summed E-state index contributed by atoms with van der Waals surface area (Å²) in [5, 5.41) is 10.1. The minimum absolute atomic E-state index is 0.0291. The number of carbonyl (C=O) groups is 2. The molecule has 104 valence electrons. The third kappa shape index (κ3) is 2.14. The summed E-state index contributed by atoms with van der Waals surface area (Å²) in [5.74, 6) is -1.36. The highest BCUT2D eigenvalue weighted by molar-refractivity contribution is 5.99. The van der Waals surface area contributed by atoms with E-state index in [-0.39, 0.29) is 19.1 Å². The number of carbonyl (C=O) groups excluding carboxylic acids is 1. The number of fused-ring (bicyclic) bond motifs is 1. The molecule has 1 saturated heterocycles. The predicted molar refractivity (Wildman–Crippen MR) is 71.6 cm³/mol. The first-order valence-electron chi connectivity index (χ1n) is 6.36. The summed E-state index contributed by atoms with van der Waals surface area (Å²) >= 11 is 0. The Balaban J connectivity index is 1.92. The van der Waals surface area contributed by atoms with Gasteiger partial charge in [-0.15, -0.1) is 0 Å². The Bertz CT molecular complexity index is 631. The average molecular weight is 274 g/mol. The molecule has 3 rings (SSSR count). The van der Waals surface area contributed by atoms with E-state index in [1.54, 1.807) is 6.07 Å². The Morgan fingerprint density at radius 2 is 2.15 bits per heavy atom. The van der Waals surface area contributed by atoms with Crippen LogP contribution in [0.25, 0.3) is 10.9 Å². The molecule has 1 aliphatic heterocycles. The fraction of sp³-hybridized carbons (Fsp3) is 0.286. The first-order valence-corrected chi connectivity index (χ1v) is 6.36. The lowest BCUT2D eigenvalue weighted by Crippen LogP contribution is -2.52. The van der Waals surface area contributed by atoms with Crippen molar-refractivity contribution in [1.82, 2.24) is 9.88 Å². The van der Waals surface area contributed by atoms with Gasteiger partial charge in [-0.2, -0.15) is 0 Å². The summed E-state index contributed by atoms with van der Waals surface area (Å²) < 4.78 is 5.13. The summed E-state index contributed by atoms with van der Waals surface area (Å²) in [6, 6.07) is 8.35. The minimum atomic E-state index is -1.05. The van der Waals surface area contributed by atoms with Crippen molar-refractivity contribution in [1.29, 1.82) is 0 Å². The van der Waals surface area contributed by atoms with Crippen molar-refractivity contribution in [2.75, 3.05) is 19.8 Å². The number of ether oxygens (including phenoxy) is 1. The van der Waals surface area contributed by atoms with Crippen LogP contribution in [0.5, 0.6) is 0 Å². The third-order valence-electron chi connectivity index (χ3n) is 3.43. The molecule has 0 bridgehead atoms. The van der Waals surface area contributed by atoms with E-state index in [4.69, 9.17) is 9.84 Å². The summed E-state index contributed by atoms with van der Waals surface area (Å²) in [4.78, 5) is 28.0. The van der Waals surface area contributed by atoms with Crippen molar-refractivity contribution < 1.29 is 19.4 Å². The van der Waals surface area contributed by atoms with E-state index in [0.717, 1.165) is 10.9 Å². The summed E-state index contributed by atoms with van der Waals surface area (Å²) in [5.41, 5.74) is 1.26. The lowest BCUT2D eigenvalue weighted by Gasteiger charge is -2.32. The number of carboxylic acids is 1. The van der Waals surface area contributed by atoms with Crippen molar-refractivity contribution in [2.45, 2.75) is 6.04 Å². The number of amides is 1. The molecule has 2 N–H and O–H groups in total. The number of rotatable bonds is 2. The first kappa shape index (κ1) is 12.7. The molecule has 0 aliphatic carbocycles. The number of hydrogen-bond donors (Lipinski definition) is 2. The fourth-order valence-electron chi connectivity index (χ4n) is 2.39. The van der Waals surface area contributed by atoms with Crippen molar-refractivity contribution in [3.05, 3.63) is 36.0 Å². The van der Waals surface area contributed by atoms with Crippen LogP contribution in [-0.4, -0.2) is 52.7 Å². The molecule has 1 amide bonds. The molecule has 1 aromatic heterocycles. The van der Waals surface area contributed by atoms with Crippen LogP contribution < -0.4 is 0 Å². The monoisotopic (exact) mass is 274 g/mol. The number of nitrogens with one attached hydrogen (secondary N) is 1. The fourth-order valence-corrected chi connectivity index (χ4v) is 2.39. The van der Waals surface area contributed by atoms with Crippen LogP contribution >= 0.6 is 0 Å². The second kappa shape index (κ2) is 4.97. The molecule has 2 aromatic rings. The molecule has 0 unspecified atom stereocenters. The molecule has 0 radical (unpaired) electrons. The SMILES string of the molecule is O=C(O)[C@@H]1COCCN1C(=O)c1cc2ccccc2[nH]1. The van der Waals surface area contributed by atoms with Gasteiger partial charge in [-0.3, -0.25) is 4.79 Å². The van der Waals surface area contributed by atoms with E-state index in [1.165, 1.54) is 4.90 Å². The van der Waals surface area contributed by atoms with E-state index < -0.39 is 12.0 Å². The van der Waals surface area contributed by atoms with Crippen LogP contribution in [0.4, 0.5) is 0 Å². The highest BCUT2D eigenvalue weighted by atomic mass is 16.5. The maximum atomic E-state index is 12.5. The van der Waals surface area contributed by atoms with Crippen LogP contribution in [0.1, 0.15) is 10.5 Å². The Labute approximate surface area is 114 Å². The highest BCUT2D eigenvalue weighted by Gasteiger charge is 2.33. The number of nitrogens with zero attached hydrogens (tertiary/aromatic N) is 1. The zero-order valence-electron chi connectivity index (χ0n) is 10.7. The molecule has 0 saturated carbocycles. The molecular formula is C14H14N2O4. The predicted octanol–water partition coefficient (Wildman–Crippen LogP) is 1.09. The number of aliphatic carboxylic acids is 1. The Kier molecular flexibility index (Phi) is 3.15. The van der Waals surface area contributed by atoms with Gasteiger partial charge in [0.1, 0.15) is 5.69 Å². The van der Waals surface area contributed by atoms with Gasteiger partial charge in [-0.25, -0.2) is 4.79 Å². The highest BCUT2D eigenvalue weighted by Crippen LogP contribution is 2.18. The van der Waals surface area contributed by atoms with Crippen molar-refractivity contribution >= 4 is 22.8 Å². The van der Waals surface area contributed by atoms with Gasteiger partial charge in [0.05, 0.1) is 13.2 Å². The van der Waals surface area contributed by atoms with E-state index >= 15 is 0 Å². The summed E-state index contributed by atoms with van der Waals surface area (Å²) in [6.07, 6.45) is 0. The van der Waals surface area contributed by atoms with Gasteiger partial charge < -0.3 is 19.7 Å². The van der Waals surface area contributed by atoms with Gasteiger partial charge in [0.25, 0.3) is 5.91 Å². The van der Waals surface area contributed by atoms with E-state index in [2.05, 4.69) is 4.98 Å². The van der Waals surface area contributed by atoms with Gasteiger partial charge in [-0.05, 0) is 12.1 Å². The number of morpholine rings is 1. The smallest absolute Gasteiger partial charge is 0.328 e. The molecule has 1 aliphatic rings.